The number of rotatable bonds is 3. The lowest BCUT2D eigenvalue weighted by atomic mass is 9.76. The molecule has 1 amide bonds. The normalized spacial score (nSPS) is 25.1. The standard InChI is InChI=1S/C15H17F2N3O/c1-2-10-3-6-15(9-18,7-4-10)20-14(21)11-5-8-19-13(17)12(11)16/h5,8,10H,2-4,6-7H2,1H3,(H,20,21). The number of nitrogens with zero attached hydrogens (tertiary/aromatic N) is 2. The Morgan fingerprint density at radius 3 is 2.76 bits per heavy atom. The van der Waals surface area contributed by atoms with Gasteiger partial charge in [-0.3, -0.25) is 4.79 Å². The maximum absolute atomic E-state index is 13.6. The predicted octanol–water partition coefficient (Wildman–Crippen LogP) is 2.95. The molecule has 0 unspecified atom stereocenters. The topological polar surface area (TPSA) is 65.8 Å². The lowest BCUT2D eigenvalue weighted by molar-refractivity contribution is 0.0885. The van der Waals surface area contributed by atoms with Crippen LogP contribution in [0.25, 0.3) is 0 Å². The summed E-state index contributed by atoms with van der Waals surface area (Å²) >= 11 is 0. The van der Waals surface area contributed by atoms with Crippen molar-refractivity contribution >= 4 is 5.91 Å². The second kappa shape index (κ2) is 6.17. The van der Waals surface area contributed by atoms with Crippen LogP contribution in [0.3, 0.4) is 0 Å². The second-order valence-electron chi connectivity index (χ2n) is 5.46. The summed E-state index contributed by atoms with van der Waals surface area (Å²) in [6, 6.07) is 3.24. The van der Waals surface area contributed by atoms with Gasteiger partial charge in [-0.1, -0.05) is 13.3 Å². The highest BCUT2D eigenvalue weighted by atomic mass is 19.2. The van der Waals surface area contributed by atoms with Crippen molar-refractivity contribution in [2.24, 2.45) is 5.92 Å². The molecule has 0 aromatic carbocycles. The molecule has 0 bridgehead atoms. The molecule has 0 spiro atoms. The van der Waals surface area contributed by atoms with Crippen molar-refractivity contribution in [3.63, 3.8) is 0 Å². The van der Waals surface area contributed by atoms with E-state index in [0.29, 0.717) is 18.8 Å². The third-order valence-corrected chi connectivity index (χ3v) is 4.19. The van der Waals surface area contributed by atoms with Crippen LogP contribution >= 0.6 is 0 Å². The van der Waals surface area contributed by atoms with Gasteiger partial charge in [-0.2, -0.15) is 9.65 Å². The fourth-order valence-electron chi connectivity index (χ4n) is 2.72. The maximum atomic E-state index is 13.6. The Bertz CT molecular complexity index is 575. The number of aromatic nitrogens is 1. The zero-order valence-corrected chi connectivity index (χ0v) is 11.8. The van der Waals surface area contributed by atoms with Gasteiger partial charge >= 0.3 is 0 Å². The highest BCUT2D eigenvalue weighted by molar-refractivity contribution is 5.95. The van der Waals surface area contributed by atoms with Gasteiger partial charge in [0.25, 0.3) is 5.91 Å². The zero-order chi connectivity index (χ0) is 15.5. The van der Waals surface area contributed by atoms with E-state index in [1.807, 2.05) is 0 Å². The highest BCUT2D eigenvalue weighted by Gasteiger charge is 2.37. The third-order valence-electron chi connectivity index (χ3n) is 4.19. The number of hydrogen-bond acceptors (Lipinski definition) is 3. The zero-order valence-electron chi connectivity index (χ0n) is 11.8. The first kappa shape index (κ1) is 15.4. The van der Waals surface area contributed by atoms with E-state index in [1.54, 1.807) is 0 Å². The van der Waals surface area contributed by atoms with Crippen molar-refractivity contribution < 1.29 is 13.6 Å². The molecule has 0 saturated heterocycles. The Balaban J connectivity index is 2.14. The molecule has 2 rings (SSSR count). The predicted molar refractivity (Wildman–Crippen MR) is 72.2 cm³/mol. The van der Waals surface area contributed by atoms with Crippen LogP contribution in [0.5, 0.6) is 0 Å². The number of hydrogen-bond donors (Lipinski definition) is 1. The minimum absolute atomic E-state index is 0.422. The first-order chi connectivity index (χ1) is 10.0. The molecule has 1 aliphatic rings. The Hall–Kier alpha value is -2.03. The van der Waals surface area contributed by atoms with Crippen molar-refractivity contribution in [1.29, 1.82) is 5.26 Å². The first-order valence-electron chi connectivity index (χ1n) is 7.05. The Morgan fingerprint density at radius 1 is 1.52 bits per heavy atom. The molecule has 0 radical (unpaired) electrons. The van der Waals surface area contributed by atoms with E-state index in [4.69, 9.17) is 0 Å². The number of nitriles is 1. The van der Waals surface area contributed by atoms with Gasteiger partial charge in [0, 0.05) is 6.20 Å². The van der Waals surface area contributed by atoms with Gasteiger partial charge in [0.1, 0.15) is 5.54 Å². The number of halogens is 2. The fraction of sp³-hybridized carbons (Fsp3) is 0.533. The summed E-state index contributed by atoms with van der Waals surface area (Å²) in [5.41, 5.74) is -1.41. The van der Waals surface area contributed by atoms with Crippen molar-refractivity contribution in [3.8, 4) is 6.07 Å². The molecule has 6 heteroatoms. The molecule has 1 heterocycles. The summed E-state index contributed by atoms with van der Waals surface area (Å²) in [6.45, 7) is 2.09. The van der Waals surface area contributed by atoms with E-state index in [0.717, 1.165) is 31.5 Å². The number of carbonyl (C=O) groups is 1. The van der Waals surface area contributed by atoms with Gasteiger partial charge < -0.3 is 5.32 Å². The van der Waals surface area contributed by atoms with Crippen LogP contribution in [0.4, 0.5) is 8.78 Å². The van der Waals surface area contributed by atoms with E-state index in [9.17, 15) is 18.8 Å². The lowest BCUT2D eigenvalue weighted by Gasteiger charge is -2.35. The first-order valence-corrected chi connectivity index (χ1v) is 7.05. The molecule has 4 nitrogen and oxygen atoms in total. The van der Waals surface area contributed by atoms with Crippen LogP contribution in [0.2, 0.25) is 0 Å². The van der Waals surface area contributed by atoms with Crippen LogP contribution in [-0.4, -0.2) is 16.4 Å². The summed E-state index contributed by atoms with van der Waals surface area (Å²) in [4.78, 5) is 15.2. The van der Waals surface area contributed by atoms with Crippen LogP contribution in [-0.2, 0) is 0 Å². The SMILES string of the molecule is CCC1CCC(C#N)(NC(=O)c2ccnc(F)c2F)CC1. The van der Waals surface area contributed by atoms with Crippen molar-refractivity contribution in [2.75, 3.05) is 0 Å². The molecule has 1 aromatic rings. The van der Waals surface area contributed by atoms with E-state index in [-0.39, 0.29) is 0 Å². The van der Waals surface area contributed by atoms with Crippen LogP contribution in [0.15, 0.2) is 12.3 Å². The van der Waals surface area contributed by atoms with Gasteiger partial charge in [0.15, 0.2) is 5.82 Å². The van der Waals surface area contributed by atoms with Crippen molar-refractivity contribution in [2.45, 2.75) is 44.6 Å². The average molecular weight is 293 g/mol. The number of nitrogens with one attached hydrogen (secondary N) is 1. The molecule has 112 valence electrons. The molecule has 1 aliphatic carbocycles. The Labute approximate surface area is 122 Å². The van der Waals surface area contributed by atoms with Crippen LogP contribution < -0.4 is 5.32 Å². The molecule has 1 N–H and O–H groups in total. The smallest absolute Gasteiger partial charge is 0.255 e. The number of pyridine rings is 1. The van der Waals surface area contributed by atoms with E-state index in [2.05, 4.69) is 23.3 Å². The molecule has 1 fully saturated rings. The molecule has 1 saturated carbocycles. The van der Waals surface area contributed by atoms with Gasteiger partial charge in [0.05, 0.1) is 11.6 Å². The van der Waals surface area contributed by atoms with Crippen LogP contribution in [0, 0.1) is 29.0 Å². The Morgan fingerprint density at radius 2 is 2.19 bits per heavy atom. The van der Waals surface area contributed by atoms with E-state index >= 15 is 0 Å². The van der Waals surface area contributed by atoms with Crippen LogP contribution in [0.1, 0.15) is 49.4 Å². The molecule has 21 heavy (non-hydrogen) atoms. The summed E-state index contributed by atoms with van der Waals surface area (Å²) < 4.78 is 26.6. The van der Waals surface area contributed by atoms with Gasteiger partial charge in [0.2, 0.25) is 5.95 Å². The van der Waals surface area contributed by atoms with E-state index in [1.165, 1.54) is 0 Å². The highest BCUT2D eigenvalue weighted by Crippen LogP contribution is 2.33. The van der Waals surface area contributed by atoms with Gasteiger partial charge in [-0.15, -0.1) is 0 Å². The van der Waals surface area contributed by atoms with E-state index < -0.39 is 28.8 Å². The molecule has 1 aromatic heterocycles. The summed E-state index contributed by atoms with van der Waals surface area (Å²) in [5, 5.41) is 12.0. The molecular formula is C15H17F2N3O. The largest absolute Gasteiger partial charge is 0.334 e. The minimum Gasteiger partial charge on any atom is -0.334 e. The van der Waals surface area contributed by atoms with Gasteiger partial charge in [-0.05, 0) is 37.7 Å². The monoisotopic (exact) mass is 293 g/mol. The molecular weight excluding hydrogens is 276 g/mol. The molecule has 0 atom stereocenters. The summed E-state index contributed by atoms with van der Waals surface area (Å²) in [7, 11) is 0. The summed E-state index contributed by atoms with van der Waals surface area (Å²) in [5.74, 6) is -2.82. The van der Waals surface area contributed by atoms with Crippen molar-refractivity contribution in [1.82, 2.24) is 10.3 Å². The number of carbonyl (C=O) groups excluding carboxylic acids is 1. The number of amides is 1. The third kappa shape index (κ3) is 3.18. The van der Waals surface area contributed by atoms with Gasteiger partial charge in [-0.25, -0.2) is 9.37 Å². The lowest BCUT2D eigenvalue weighted by Crippen LogP contribution is -2.49. The minimum atomic E-state index is -1.32. The Kier molecular flexibility index (Phi) is 4.51. The summed E-state index contributed by atoms with van der Waals surface area (Å²) in [6.07, 6.45) is 4.82. The average Bonchev–Trinajstić information content (AvgIpc) is 2.50. The quantitative estimate of drug-likeness (QED) is 0.871. The maximum Gasteiger partial charge on any atom is 0.255 e. The second-order valence-corrected chi connectivity index (χ2v) is 5.46. The fourth-order valence-corrected chi connectivity index (χ4v) is 2.72. The molecule has 0 aliphatic heterocycles. The van der Waals surface area contributed by atoms with Crippen molar-refractivity contribution in [3.05, 3.63) is 29.6 Å².